The van der Waals surface area contributed by atoms with E-state index in [-0.39, 0.29) is 12.0 Å². The van der Waals surface area contributed by atoms with Gasteiger partial charge in [0.05, 0.1) is 18.9 Å². The van der Waals surface area contributed by atoms with Gasteiger partial charge in [-0.05, 0) is 62.3 Å². The zero-order valence-corrected chi connectivity index (χ0v) is 20.1. The first-order valence-electron chi connectivity index (χ1n) is 11.6. The summed E-state index contributed by atoms with van der Waals surface area (Å²) < 4.78 is 19.0. The summed E-state index contributed by atoms with van der Waals surface area (Å²) in [5, 5.41) is 7.65. The van der Waals surface area contributed by atoms with Crippen LogP contribution in [0, 0.1) is 19.8 Å². The normalized spacial score (nSPS) is 15.9. The standard InChI is InChI=1S/C25H37N3O4/c1-17(2)15-28-19(4)22(18(3)27-28)9-11-25(29)26-14-20-8-10-23(24(13-20)30-5)32-16-21-7-6-12-31-21/h8,10,13,17,21H,6-7,9,11-12,14-16H2,1-5H3,(H,26,29). The molecule has 3 rings (SSSR count). The lowest BCUT2D eigenvalue weighted by Gasteiger charge is -2.15. The maximum atomic E-state index is 12.5. The van der Waals surface area contributed by atoms with Gasteiger partial charge in [-0.2, -0.15) is 5.10 Å². The fourth-order valence-electron chi connectivity index (χ4n) is 4.05. The Morgan fingerprint density at radius 1 is 1.31 bits per heavy atom. The van der Waals surface area contributed by atoms with Gasteiger partial charge in [0.15, 0.2) is 11.5 Å². The monoisotopic (exact) mass is 443 g/mol. The van der Waals surface area contributed by atoms with Gasteiger partial charge in [0, 0.05) is 31.8 Å². The molecule has 7 nitrogen and oxygen atoms in total. The SMILES string of the molecule is COc1cc(CNC(=O)CCc2c(C)nn(CC(C)C)c2C)ccc1OCC1CCCO1. The molecule has 32 heavy (non-hydrogen) atoms. The van der Waals surface area contributed by atoms with Gasteiger partial charge in [0.25, 0.3) is 0 Å². The third-order valence-corrected chi connectivity index (χ3v) is 5.84. The predicted octanol–water partition coefficient (Wildman–Crippen LogP) is 3.97. The van der Waals surface area contributed by atoms with Crippen LogP contribution in [0.3, 0.4) is 0 Å². The van der Waals surface area contributed by atoms with Gasteiger partial charge < -0.3 is 19.5 Å². The Balaban J connectivity index is 1.49. The molecule has 1 aliphatic heterocycles. The molecule has 1 atom stereocenters. The van der Waals surface area contributed by atoms with Crippen molar-refractivity contribution < 1.29 is 19.0 Å². The fraction of sp³-hybridized carbons (Fsp3) is 0.600. The van der Waals surface area contributed by atoms with Crippen LogP contribution in [0.5, 0.6) is 11.5 Å². The highest BCUT2D eigenvalue weighted by atomic mass is 16.5. The summed E-state index contributed by atoms with van der Waals surface area (Å²) in [4.78, 5) is 12.5. The summed E-state index contributed by atoms with van der Waals surface area (Å²) >= 11 is 0. The molecule has 1 unspecified atom stereocenters. The van der Waals surface area contributed by atoms with Crippen LogP contribution < -0.4 is 14.8 Å². The first-order chi connectivity index (χ1) is 15.4. The van der Waals surface area contributed by atoms with E-state index in [2.05, 4.69) is 35.9 Å². The van der Waals surface area contributed by atoms with E-state index in [4.69, 9.17) is 14.2 Å². The average Bonchev–Trinajstić information content (AvgIpc) is 3.37. The van der Waals surface area contributed by atoms with Gasteiger partial charge in [-0.15, -0.1) is 0 Å². The first-order valence-corrected chi connectivity index (χ1v) is 11.6. The number of benzene rings is 1. The molecule has 1 fully saturated rings. The number of carbonyl (C=O) groups excluding carboxylic acids is 1. The molecule has 1 amide bonds. The number of aryl methyl sites for hydroxylation is 1. The lowest BCUT2D eigenvalue weighted by Crippen LogP contribution is -2.23. The van der Waals surface area contributed by atoms with Crippen LogP contribution in [-0.4, -0.2) is 42.1 Å². The molecule has 1 saturated heterocycles. The molecule has 2 heterocycles. The van der Waals surface area contributed by atoms with Gasteiger partial charge in [0.2, 0.25) is 5.91 Å². The van der Waals surface area contributed by atoms with Crippen LogP contribution in [0.4, 0.5) is 0 Å². The molecule has 1 aromatic carbocycles. The molecule has 1 aromatic heterocycles. The third kappa shape index (κ3) is 6.48. The minimum Gasteiger partial charge on any atom is -0.493 e. The topological polar surface area (TPSA) is 74.6 Å². The highest BCUT2D eigenvalue weighted by Gasteiger charge is 2.17. The molecule has 0 aliphatic carbocycles. The summed E-state index contributed by atoms with van der Waals surface area (Å²) in [6.45, 7) is 11.2. The van der Waals surface area contributed by atoms with Gasteiger partial charge in [0.1, 0.15) is 6.61 Å². The zero-order chi connectivity index (χ0) is 23.1. The maximum Gasteiger partial charge on any atom is 0.220 e. The van der Waals surface area contributed by atoms with E-state index < -0.39 is 0 Å². The largest absolute Gasteiger partial charge is 0.493 e. The summed E-state index contributed by atoms with van der Waals surface area (Å²) in [5.41, 5.74) is 4.32. The lowest BCUT2D eigenvalue weighted by molar-refractivity contribution is -0.121. The molecule has 7 heteroatoms. The van der Waals surface area contributed by atoms with Gasteiger partial charge >= 0.3 is 0 Å². The Bertz CT molecular complexity index is 901. The minimum absolute atomic E-state index is 0.0260. The van der Waals surface area contributed by atoms with Crippen molar-refractivity contribution in [3.8, 4) is 11.5 Å². The van der Waals surface area contributed by atoms with Gasteiger partial charge in [-0.3, -0.25) is 9.48 Å². The maximum absolute atomic E-state index is 12.5. The summed E-state index contributed by atoms with van der Waals surface area (Å²) in [6.07, 6.45) is 3.41. The van der Waals surface area contributed by atoms with E-state index in [1.807, 2.05) is 25.1 Å². The number of amides is 1. The second-order valence-electron chi connectivity index (χ2n) is 8.93. The van der Waals surface area contributed by atoms with E-state index in [0.717, 1.165) is 42.9 Å². The second kappa shape index (κ2) is 11.4. The summed E-state index contributed by atoms with van der Waals surface area (Å²) in [6, 6.07) is 5.76. The quantitative estimate of drug-likeness (QED) is 0.569. The smallest absolute Gasteiger partial charge is 0.220 e. The number of methoxy groups -OCH3 is 1. The van der Waals surface area contributed by atoms with E-state index in [9.17, 15) is 4.79 Å². The van der Waals surface area contributed by atoms with E-state index in [1.54, 1.807) is 7.11 Å². The van der Waals surface area contributed by atoms with E-state index in [0.29, 0.717) is 43.4 Å². The number of hydrogen-bond donors (Lipinski definition) is 1. The number of nitrogens with zero attached hydrogens (tertiary/aromatic N) is 2. The number of ether oxygens (including phenoxy) is 3. The lowest BCUT2D eigenvalue weighted by atomic mass is 10.1. The van der Waals surface area contributed by atoms with Crippen molar-refractivity contribution in [2.75, 3.05) is 20.3 Å². The molecular weight excluding hydrogens is 406 g/mol. The van der Waals surface area contributed by atoms with Crippen molar-refractivity contribution in [1.82, 2.24) is 15.1 Å². The summed E-state index contributed by atoms with van der Waals surface area (Å²) in [7, 11) is 1.63. The Hall–Kier alpha value is -2.54. The number of rotatable bonds is 11. The van der Waals surface area contributed by atoms with Crippen molar-refractivity contribution in [1.29, 1.82) is 0 Å². The van der Waals surface area contributed by atoms with Crippen LogP contribution in [-0.2, 0) is 29.0 Å². The van der Waals surface area contributed by atoms with Crippen molar-refractivity contribution in [2.45, 2.75) is 72.6 Å². The van der Waals surface area contributed by atoms with Crippen molar-refractivity contribution in [3.05, 3.63) is 40.7 Å². The molecule has 1 aliphatic rings. The Labute approximate surface area is 191 Å². The Morgan fingerprint density at radius 2 is 2.12 bits per heavy atom. The number of carbonyl (C=O) groups is 1. The molecule has 1 N–H and O–H groups in total. The van der Waals surface area contributed by atoms with Crippen LogP contribution in [0.15, 0.2) is 18.2 Å². The van der Waals surface area contributed by atoms with Crippen LogP contribution in [0.2, 0.25) is 0 Å². The average molecular weight is 444 g/mol. The second-order valence-corrected chi connectivity index (χ2v) is 8.93. The van der Waals surface area contributed by atoms with Gasteiger partial charge in [-0.25, -0.2) is 0 Å². The zero-order valence-electron chi connectivity index (χ0n) is 20.1. The number of nitrogens with one attached hydrogen (secondary N) is 1. The van der Waals surface area contributed by atoms with Crippen LogP contribution in [0.25, 0.3) is 0 Å². The summed E-state index contributed by atoms with van der Waals surface area (Å²) in [5.74, 6) is 1.92. The molecule has 0 bridgehead atoms. The van der Waals surface area contributed by atoms with Crippen molar-refractivity contribution in [3.63, 3.8) is 0 Å². The van der Waals surface area contributed by atoms with E-state index in [1.165, 1.54) is 5.56 Å². The molecule has 0 saturated carbocycles. The first kappa shape index (κ1) is 24.1. The molecule has 0 spiro atoms. The van der Waals surface area contributed by atoms with E-state index >= 15 is 0 Å². The number of hydrogen-bond acceptors (Lipinski definition) is 5. The Kier molecular flexibility index (Phi) is 8.56. The molecule has 176 valence electrons. The molecule has 0 radical (unpaired) electrons. The van der Waals surface area contributed by atoms with Gasteiger partial charge in [-0.1, -0.05) is 19.9 Å². The third-order valence-electron chi connectivity index (χ3n) is 5.84. The predicted molar refractivity (Wildman–Crippen MR) is 124 cm³/mol. The Morgan fingerprint density at radius 3 is 2.81 bits per heavy atom. The molecule has 2 aromatic rings. The highest BCUT2D eigenvalue weighted by molar-refractivity contribution is 5.76. The van der Waals surface area contributed by atoms with Crippen LogP contribution in [0.1, 0.15) is 55.6 Å². The molecular formula is C25H37N3O4. The highest BCUT2D eigenvalue weighted by Crippen LogP contribution is 2.29. The van der Waals surface area contributed by atoms with Crippen molar-refractivity contribution in [2.24, 2.45) is 5.92 Å². The minimum atomic E-state index is 0.0260. The number of aromatic nitrogens is 2. The van der Waals surface area contributed by atoms with Crippen LogP contribution >= 0.6 is 0 Å². The fourth-order valence-corrected chi connectivity index (χ4v) is 4.05. The van der Waals surface area contributed by atoms with Crippen molar-refractivity contribution >= 4 is 5.91 Å².